The average Bonchev–Trinajstić information content (AvgIpc) is 3.72. The molecule has 4 rings (SSSR count). The molecule has 272 valence electrons. The van der Waals surface area contributed by atoms with Crippen molar-refractivity contribution in [3.8, 4) is 0 Å². The molecule has 4 aromatic heterocycles. The van der Waals surface area contributed by atoms with Gasteiger partial charge in [-0.1, -0.05) is 82.0 Å². The van der Waals surface area contributed by atoms with Crippen molar-refractivity contribution in [3.63, 3.8) is 0 Å². The Labute approximate surface area is 281 Å². The fourth-order valence-corrected chi connectivity index (χ4v) is 1.78. The lowest BCUT2D eigenvalue weighted by Gasteiger charge is -2.09. The van der Waals surface area contributed by atoms with Gasteiger partial charge in [-0.3, -0.25) is 9.36 Å². The van der Waals surface area contributed by atoms with Crippen molar-refractivity contribution in [1.29, 1.82) is 0 Å². The summed E-state index contributed by atoms with van der Waals surface area (Å²) in [6.45, 7) is 19.5. The van der Waals surface area contributed by atoms with Crippen LogP contribution in [0.25, 0.3) is 0 Å². The number of rotatable bonds is 6. The molecule has 0 saturated heterocycles. The molecule has 0 aliphatic heterocycles. The molecule has 0 N–H and O–H groups in total. The van der Waals surface area contributed by atoms with Crippen LogP contribution in [0.1, 0.15) is 98.9 Å². The number of aryl methyl sites for hydroxylation is 4. The van der Waals surface area contributed by atoms with E-state index in [4.69, 9.17) is 9.47 Å². The first kappa shape index (κ1) is 60.7. The minimum absolute atomic E-state index is 0. The summed E-state index contributed by atoms with van der Waals surface area (Å²) in [5.74, 6) is 1.75. The Morgan fingerprint density at radius 2 is 0.848 bits per heavy atom. The minimum atomic E-state index is 0. The van der Waals surface area contributed by atoms with E-state index in [1.54, 1.807) is 48.2 Å². The van der Waals surface area contributed by atoms with Crippen LogP contribution in [0.15, 0.2) is 62.1 Å². The fourth-order valence-electron chi connectivity index (χ4n) is 1.78. The molecular weight excluding hydrogens is 588 g/mol. The first-order valence-electron chi connectivity index (χ1n) is 12.5. The van der Waals surface area contributed by atoms with Crippen LogP contribution in [0.2, 0.25) is 0 Å². The number of aromatic nitrogens is 14. The van der Waals surface area contributed by atoms with Crippen molar-refractivity contribution in [1.82, 2.24) is 70.4 Å². The molecule has 16 heteroatoms. The predicted molar refractivity (Wildman–Crippen MR) is 191 cm³/mol. The van der Waals surface area contributed by atoms with Gasteiger partial charge in [0.05, 0.1) is 36.1 Å². The zero-order valence-electron chi connectivity index (χ0n) is 25.5. The van der Waals surface area contributed by atoms with E-state index in [2.05, 4.69) is 64.8 Å². The van der Waals surface area contributed by atoms with Gasteiger partial charge in [0.2, 0.25) is 0 Å². The maximum Gasteiger partial charge on any atom is 0.137 e. The quantitative estimate of drug-likeness (QED) is 0.206. The number of hydrogen-bond acceptors (Lipinski definition) is 12. The van der Waals surface area contributed by atoms with Crippen molar-refractivity contribution in [2.75, 3.05) is 0 Å². The SMILES string of the molecule is C.C.C.C.C.C.C=C(CC)OC(C)C.C=C(CC)OC(C)C.Cn1ccnn1.Cn1ccnn1.Cn1cnnn1.Cn1cnnn1. The van der Waals surface area contributed by atoms with Crippen LogP contribution in [0.5, 0.6) is 0 Å². The average molecular weight is 659 g/mol. The molecule has 4 heterocycles. The monoisotopic (exact) mass is 659 g/mol. The van der Waals surface area contributed by atoms with E-state index < -0.39 is 0 Å². The molecule has 0 saturated carbocycles. The smallest absolute Gasteiger partial charge is 0.137 e. The lowest BCUT2D eigenvalue weighted by molar-refractivity contribution is 0.142. The summed E-state index contributed by atoms with van der Waals surface area (Å²) in [5, 5.41) is 34.6. The van der Waals surface area contributed by atoms with Crippen LogP contribution in [0.3, 0.4) is 0 Å². The second kappa shape index (κ2) is 40.5. The van der Waals surface area contributed by atoms with Gasteiger partial charge in [0, 0.05) is 53.4 Å². The van der Waals surface area contributed by atoms with Crippen molar-refractivity contribution in [2.45, 2.75) is 111 Å². The van der Waals surface area contributed by atoms with Crippen LogP contribution >= 0.6 is 0 Å². The Hall–Kier alpha value is -4.50. The topological polar surface area (TPSA) is 167 Å². The summed E-state index contributed by atoms with van der Waals surface area (Å²) >= 11 is 0. The van der Waals surface area contributed by atoms with E-state index in [0.29, 0.717) is 0 Å². The molecule has 0 unspecified atom stereocenters. The predicted octanol–water partition coefficient (Wildman–Crippen LogP) is 6.54. The maximum atomic E-state index is 5.20. The third-order valence-corrected chi connectivity index (χ3v) is 3.58. The van der Waals surface area contributed by atoms with Gasteiger partial charge in [-0.05, 0) is 48.5 Å². The fraction of sp³-hybridized carbons (Fsp3) is 0.667. The lowest BCUT2D eigenvalue weighted by atomic mass is 10.4. The molecule has 0 radical (unpaired) electrons. The molecule has 0 fully saturated rings. The molecule has 0 aromatic carbocycles. The highest BCUT2D eigenvalue weighted by atomic mass is 16.5. The van der Waals surface area contributed by atoms with E-state index in [1.807, 2.05) is 55.6 Å². The molecule has 46 heavy (non-hydrogen) atoms. The third kappa shape index (κ3) is 46.5. The van der Waals surface area contributed by atoms with Gasteiger partial charge in [-0.2, -0.15) is 0 Å². The zero-order valence-corrected chi connectivity index (χ0v) is 25.5. The maximum absolute atomic E-state index is 5.20. The van der Waals surface area contributed by atoms with Crippen LogP contribution in [-0.4, -0.2) is 82.6 Å². The van der Waals surface area contributed by atoms with Gasteiger partial charge in [-0.15, -0.1) is 20.4 Å². The molecular formula is C30H70N14O2. The van der Waals surface area contributed by atoms with Crippen LogP contribution in [-0.2, 0) is 37.7 Å². The summed E-state index contributed by atoms with van der Waals surface area (Å²) in [4.78, 5) is 0. The molecule has 0 atom stereocenters. The minimum Gasteiger partial charge on any atom is -0.496 e. The first-order valence-corrected chi connectivity index (χ1v) is 12.5. The molecule has 0 aliphatic rings. The number of tetrazole rings is 2. The highest BCUT2D eigenvalue weighted by Gasteiger charge is 1.93. The Morgan fingerprint density at radius 1 is 0.543 bits per heavy atom. The van der Waals surface area contributed by atoms with Gasteiger partial charge >= 0.3 is 0 Å². The molecule has 0 amide bonds. The normalized spacial score (nSPS) is 7.91. The summed E-state index contributed by atoms with van der Waals surface area (Å²) in [6.07, 6.45) is 12.3. The molecule has 0 bridgehead atoms. The number of nitrogens with zero attached hydrogens (tertiary/aromatic N) is 14. The van der Waals surface area contributed by atoms with Gasteiger partial charge < -0.3 is 9.47 Å². The van der Waals surface area contributed by atoms with E-state index in [-0.39, 0.29) is 56.8 Å². The first-order chi connectivity index (χ1) is 18.9. The van der Waals surface area contributed by atoms with Gasteiger partial charge in [0.25, 0.3) is 0 Å². The van der Waals surface area contributed by atoms with E-state index >= 15 is 0 Å². The zero-order chi connectivity index (χ0) is 30.8. The van der Waals surface area contributed by atoms with Crippen molar-refractivity contribution < 1.29 is 9.47 Å². The summed E-state index contributed by atoms with van der Waals surface area (Å²) < 4.78 is 16.7. The Bertz CT molecular complexity index is 899. The van der Waals surface area contributed by atoms with Gasteiger partial charge in [0.15, 0.2) is 0 Å². The van der Waals surface area contributed by atoms with Crippen LogP contribution in [0.4, 0.5) is 0 Å². The van der Waals surface area contributed by atoms with Crippen molar-refractivity contribution in [2.24, 2.45) is 28.2 Å². The van der Waals surface area contributed by atoms with E-state index in [0.717, 1.165) is 24.4 Å². The number of allylic oxidation sites excluding steroid dienone is 2. The Balaban J connectivity index is -0.0000000613. The van der Waals surface area contributed by atoms with Crippen LogP contribution < -0.4 is 0 Å². The third-order valence-electron chi connectivity index (χ3n) is 3.58. The molecule has 16 nitrogen and oxygen atoms in total. The Kier molecular flexibility index (Phi) is 53.4. The van der Waals surface area contributed by atoms with Crippen molar-refractivity contribution >= 4 is 0 Å². The second-order valence-corrected chi connectivity index (χ2v) is 8.24. The molecule has 4 aromatic rings. The summed E-state index contributed by atoms with van der Waals surface area (Å²) in [7, 11) is 7.18. The standard InChI is InChI=1S/2C7H14O.2C3H5N3.2C2H4N4.6CH4/c2*1-5-7(4)8-6(2)3;2*1-6-3-2-4-5-6;2*1-6-2-3-4-5-6;;;;;;/h2*6H,4-5H2,1-3H3;2*2-3H,1H3;2*2H,1H3;6*1H4. The Morgan fingerprint density at radius 3 is 0.913 bits per heavy atom. The largest absolute Gasteiger partial charge is 0.496 e. The second-order valence-electron chi connectivity index (χ2n) is 8.24. The summed E-state index contributed by atoms with van der Waals surface area (Å²) in [6, 6.07) is 0. The molecule has 0 spiro atoms. The lowest BCUT2D eigenvalue weighted by Crippen LogP contribution is -1.99. The summed E-state index contributed by atoms with van der Waals surface area (Å²) in [5.41, 5.74) is 0. The van der Waals surface area contributed by atoms with E-state index in [1.165, 1.54) is 22.0 Å². The van der Waals surface area contributed by atoms with Gasteiger partial charge in [0.1, 0.15) is 12.7 Å². The van der Waals surface area contributed by atoms with Crippen molar-refractivity contribution in [3.05, 3.63) is 62.1 Å². The van der Waals surface area contributed by atoms with Crippen LogP contribution in [0, 0.1) is 0 Å². The highest BCUT2D eigenvalue weighted by molar-refractivity contribution is 4.80. The molecule has 0 aliphatic carbocycles. The van der Waals surface area contributed by atoms with E-state index in [9.17, 15) is 0 Å². The number of ether oxygens (including phenoxy) is 2. The highest BCUT2D eigenvalue weighted by Crippen LogP contribution is 2.02. The number of hydrogen-bond donors (Lipinski definition) is 0. The van der Waals surface area contributed by atoms with Gasteiger partial charge in [-0.25, -0.2) is 9.36 Å².